The van der Waals surface area contributed by atoms with Crippen LogP contribution >= 0.6 is 0 Å². The van der Waals surface area contributed by atoms with Gasteiger partial charge in [0, 0.05) is 14.5 Å². The summed E-state index contributed by atoms with van der Waals surface area (Å²) in [6, 6.07) is 7.75. The predicted octanol–water partition coefficient (Wildman–Crippen LogP) is 1.14. The summed E-state index contributed by atoms with van der Waals surface area (Å²) in [6.45, 7) is 1.58. The van der Waals surface area contributed by atoms with Crippen LogP contribution in [0.5, 0.6) is 0 Å². The minimum absolute atomic E-state index is 0. The van der Waals surface area contributed by atoms with Gasteiger partial charge in [-0.15, -0.1) is 0 Å². The molecule has 2 aromatic rings. The highest BCUT2D eigenvalue weighted by Crippen LogP contribution is 2.08. The highest BCUT2D eigenvalue weighted by molar-refractivity contribution is 5.74. The molecule has 2 rings (SSSR count). The summed E-state index contributed by atoms with van der Waals surface area (Å²) in [5.74, 6) is 0. The van der Waals surface area contributed by atoms with E-state index in [0.29, 0.717) is 0 Å². The Bertz CT molecular complexity index is 515. The van der Waals surface area contributed by atoms with Gasteiger partial charge in [0.25, 0.3) is 0 Å². The first-order valence-corrected chi connectivity index (χ1v) is 5.01. The molecule has 0 spiro atoms. The van der Waals surface area contributed by atoms with Gasteiger partial charge in [-0.3, -0.25) is 4.57 Å². The zero-order valence-corrected chi connectivity index (χ0v) is 9.03. The molecule has 0 aliphatic rings. The van der Waals surface area contributed by atoms with Crippen molar-refractivity contribution in [2.75, 3.05) is 20.6 Å². The van der Waals surface area contributed by atoms with Crippen molar-refractivity contribution in [2.45, 2.75) is 6.54 Å². The van der Waals surface area contributed by atoms with Crippen LogP contribution in [0.4, 0.5) is 0 Å². The molecule has 0 radical (unpaired) electrons. The fourth-order valence-electron chi connectivity index (χ4n) is 1.63. The molecule has 0 aliphatic heterocycles. The molecule has 82 valence electrons. The number of hydrogen-bond donors (Lipinski definition) is 1. The molecule has 0 bridgehead atoms. The number of rotatable bonds is 3. The topological polar surface area (TPSA) is 41.0 Å². The maximum absolute atomic E-state index is 11.6. The molecule has 4 nitrogen and oxygen atoms in total. The second kappa shape index (κ2) is 3.90. The molecule has 0 aliphatic carbocycles. The first-order valence-electron chi connectivity index (χ1n) is 5.01. The van der Waals surface area contributed by atoms with E-state index in [1.165, 1.54) is 0 Å². The van der Waals surface area contributed by atoms with Crippen LogP contribution < -0.4 is 5.69 Å². The molecule has 0 fully saturated rings. The average Bonchev–Trinajstić information content (AvgIpc) is 2.50. The molecular weight excluding hydrogens is 190 g/mol. The molecular formula is C11H17N3O. The van der Waals surface area contributed by atoms with Crippen molar-refractivity contribution in [2.24, 2.45) is 0 Å². The quantitative estimate of drug-likeness (QED) is 0.820. The van der Waals surface area contributed by atoms with Crippen LogP contribution in [0.2, 0.25) is 0 Å². The molecule has 0 atom stereocenters. The fraction of sp³-hybridized carbons (Fsp3) is 0.364. The Morgan fingerprint density at radius 3 is 2.87 bits per heavy atom. The normalized spacial score (nSPS) is 11.4. The van der Waals surface area contributed by atoms with Gasteiger partial charge >= 0.3 is 5.69 Å². The lowest BCUT2D eigenvalue weighted by atomic mass is 10.3. The molecule has 1 N–H and O–H groups in total. The van der Waals surface area contributed by atoms with Crippen LogP contribution in [0.1, 0.15) is 1.43 Å². The van der Waals surface area contributed by atoms with Crippen molar-refractivity contribution in [1.82, 2.24) is 14.5 Å². The number of aromatic amines is 1. The van der Waals surface area contributed by atoms with E-state index in [0.717, 1.165) is 24.1 Å². The molecule has 15 heavy (non-hydrogen) atoms. The van der Waals surface area contributed by atoms with Gasteiger partial charge < -0.3 is 9.88 Å². The number of imidazole rings is 1. The van der Waals surface area contributed by atoms with Gasteiger partial charge in [0.15, 0.2) is 0 Å². The number of para-hydroxylation sites is 2. The van der Waals surface area contributed by atoms with Crippen LogP contribution in [0.25, 0.3) is 11.0 Å². The number of hydrogen-bond acceptors (Lipinski definition) is 2. The van der Waals surface area contributed by atoms with Gasteiger partial charge in [-0.05, 0) is 26.2 Å². The minimum atomic E-state index is -0.0296. The van der Waals surface area contributed by atoms with Crippen LogP contribution in [0, 0.1) is 0 Å². The number of nitrogens with one attached hydrogen (secondary N) is 1. The molecule has 0 amide bonds. The summed E-state index contributed by atoms with van der Waals surface area (Å²) in [4.78, 5) is 16.5. The number of H-pyrrole nitrogens is 1. The first-order chi connectivity index (χ1) is 7.18. The van der Waals surface area contributed by atoms with Crippen molar-refractivity contribution >= 4 is 11.0 Å². The van der Waals surface area contributed by atoms with Crippen LogP contribution in [0.3, 0.4) is 0 Å². The second-order valence-corrected chi connectivity index (χ2v) is 3.90. The Hall–Kier alpha value is -1.55. The van der Waals surface area contributed by atoms with Crippen molar-refractivity contribution in [3.63, 3.8) is 0 Å². The maximum Gasteiger partial charge on any atom is 0.326 e. The lowest BCUT2D eigenvalue weighted by molar-refractivity contribution is 0.384. The third kappa shape index (κ3) is 1.94. The molecule has 0 saturated heterocycles. The van der Waals surface area contributed by atoms with E-state index in [1.807, 2.05) is 38.4 Å². The van der Waals surface area contributed by atoms with Crippen molar-refractivity contribution in [3.8, 4) is 0 Å². The monoisotopic (exact) mass is 207 g/mol. The summed E-state index contributed by atoms with van der Waals surface area (Å²) < 4.78 is 1.77. The van der Waals surface area contributed by atoms with Crippen LogP contribution in [-0.2, 0) is 6.54 Å². The predicted molar refractivity (Wildman–Crippen MR) is 63.2 cm³/mol. The standard InChI is InChI=1S/C11H15N3O.H2/c1-13(2)7-8-14-10-6-4-3-5-9(10)12-11(14)15;/h3-6H,7-8H2,1-2H3,(H,12,15);1H. The average molecular weight is 207 g/mol. The zero-order chi connectivity index (χ0) is 10.8. The summed E-state index contributed by atoms with van der Waals surface area (Å²) in [7, 11) is 4.00. The van der Waals surface area contributed by atoms with Crippen molar-refractivity contribution in [1.29, 1.82) is 0 Å². The number of fused-ring (bicyclic) bond motifs is 1. The number of likely N-dealkylation sites (N-methyl/N-ethyl adjacent to an activating group) is 1. The first kappa shape index (κ1) is 9.98. The van der Waals surface area contributed by atoms with E-state index in [9.17, 15) is 4.79 Å². The zero-order valence-electron chi connectivity index (χ0n) is 9.03. The van der Waals surface area contributed by atoms with Crippen molar-refractivity contribution in [3.05, 3.63) is 34.7 Å². The molecule has 0 unspecified atom stereocenters. The number of nitrogens with zero attached hydrogens (tertiary/aromatic N) is 2. The summed E-state index contributed by atoms with van der Waals surface area (Å²) in [6.07, 6.45) is 0. The SMILES string of the molecule is CN(C)CCn1c(=O)[nH]c2ccccc21.[HH]. The third-order valence-corrected chi connectivity index (χ3v) is 2.45. The third-order valence-electron chi connectivity index (χ3n) is 2.45. The highest BCUT2D eigenvalue weighted by atomic mass is 16.1. The van der Waals surface area contributed by atoms with E-state index in [-0.39, 0.29) is 7.12 Å². The molecule has 1 aromatic heterocycles. The molecule has 0 saturated carbocycles. The molecule has 1 heterocycles. The Morgan fingerprint density at radius 2 is 2.13 bits per heavy atom. The molecule has 1 aromatic carbocycles. The van der Waals surface area contributed by atoms with E-state index in [2.05, 4.69) is 9.88 Å². The lowest BCUT2D eigenvalue weighted by Gasteiger charge is -2.09. The van der Waals surface area contributed by atoms with Gasteiger partial charge in [0.05, 0.1) is 11.0 Å². The van der Waals surface area contributed by atoms with E-state index < -0.39 is 0 Å². The Kier molecular flexibility index (Phi) is 2.60. The van der Waals surface area contributed by atoms with Crippen molar-refractivity contribution < 1.29 is 1.43 Å². The second-order valence-electron chi connectivity index (χ2n) is 3.90. The Balaban J connectivity index is 0.00000128. The van der Waals surface area contributed by atoms with E-state index >= 15 is 0 Å². The van der Waals surface area contributed by atoms with Crippen LogP contribution in [-0.4, -0.2) is 35.1 Å². The largest absolute Gasteiger partial charge is 0.326 e. The van der Waals surface area contributed by atoms with E-state index in [1.54, 1.807) is 4.57 Å². The number of aromatic nitrogens is 2. The Morgan fingerprint density at radius 1 is 1.40 bits per heavy atom. The Labute approximate surface area is 89.6 Å². The van der Waals surface area contributed by atoms with Crippen LogP contribution in [0.15, 0.2) is 29.1 Å². The van der Waals surface area contributed by atoms with Gasteiger partial charge in [-0.1, -0.05) is 12.1 Å². The van der Waals surface area contributed by atoms with E-state index in [4.69, 9.17) is 0 Å². The summed E-state index contributed by atoms with van der Waals surface area (Å²) in [5.41, 5.74) is 1.85. The fourth-order valence-corrected chi connectivity index (χ4v) is 1.63. The number of benzene rings is 1. The highest BCUT2D eigenvalue weighted by Gasteiger charge is 2.04. The summed E-state index contributed by atoms with van der Waals surface area (Å²) in [5, 5.41) is 0. The minimum Gasteiger partial charge on any atom is -0.308 e. The smallest absolute Gasteiger partial charge is 0.308 e. The molecule has 4 heteroatoms. The van der Waals surface area contributed by atoms with Gasteiger partial charge in [-0.25, -0.2) is 4.79 Å². The lowest BCUT2D eigenvalue weighted by Crippen LogP contribution is -2.24. The van der Waals surface area contributed by atoms with Gasteiger partial charge in [-0.2, -0.15) is 0 Å². The van der Waals surface area contributed by atoms with Gasteiger partial charge in [0.2, 0.25) is 0 Å². The van der Waals surface area contributed by atoms with Gasteiger partial charge in [0.1, 0.15) is 0 Å². The maximum atomic E-state index is 11.6. The summed E-state index contributed by atoms with van der Waals surface area (Å²) >= 11 is 0.